The molecule has 4 nitrogen and oxygen atoms in total. The van der Waals surface area contributed by atoms with Gasteiger partial charge in [0.1, 0.15) is 23.0 Å². The molecule has 0 spiro atoms. The number of rotatable bonds is 5. The molecule has 0 unspecified atom stereocenters. The lowest BCUT2D eigenvalue weighted by Gasteiger charge is -2.38. The molecular weight excluding hydrogens is 496 g/mol. The molecule has 5 aromatic rings. The molecule has 0 saturated carbocycles. The summed E-state index contributed by atoms with van der Waals surface area (Å²) in [5, 5.41) is 2.22. The fourth-order valence-corrected chi connectivity index (χ4v) is 6.28. The van der Waals surface area contributed by atoms with Crippen LogP contribution in [0.2, 0.25) is 0 Å². The first-order chi connectivity index (χ1) is 19.6. The van der Waals surface area contributed by atoms with Crippen LogP contribution in [0.25, 0.3) is 28.0 Å². The second-order valence-electron chi connectivity index (χ2n) is 10.3. The summed E-state index contributed by atoms with van der Waals surface area (Å²) < 4.78 is 23.9. The van der Waals surface area contributed by atoms with Crippen molar-refractivity contribution in [1.82, 2.24) is 0 Å². The summed E-state index contributed by atoms with van der Waals surface area (Å²) >= 11 is 0. The van der Waals surface area contributed by atoms with E-state index in [1.165, 1.54) is 27.6 Å². The van der Waals surface area contributed by atoms with Crippen LogP contribution in [0.4, 0.5) is 0 Å². The first kappa shape index (κ1) is 24.3. The summed E-state index contributed by atoms with van der Waals surface area (Å²) in [7, 11) is 5.08. The van der Waals surface area contributed by atoms with Gasteiger partial charge in [-0.3, -0.25) is 0 Å². The summed E-state index contributed by atoms with van der Waals surface area (Å²) in [6, 6.07) is 31.3. The molecule has 0 N–H and O–H groups in total. The van der Waals surface area contributed by atoms with E-state index in [0.717, 1.165) is 57.9 Å². The highest BCUT2D eigenvalue weighted by Gasteiger charge is 2.39. The van der Waals surface area contributed by atoms with Gasteiger partial charge in [-0.1, -0.05) is 54.6 Å². The maximum Gasteiger partial charge on any atom is 0.178 e. The Bertz CT molecular complexity index is 1720. The molecule has 1 aliphatic heterocycles. The number of benzene rings is 5. The Morgan fingerprint density at radius 1 is 0.650 bits per heavy atom. The molecule has 5 aromatic carbocycles. The van der Waals surface area contributed by atoms with Crippen LogP contribution in [-0.2, 0) is 18.4 Å². The molecule has 2 aliphatic rings. The highest BCUT2D eigenvalue weighted by molar-refractivity contribution is 6.06. The third-order valence-electron chi connectivity index (χ3n) is 8.33. The third-order valence-corrected chi connectivity index (χ3v) is 8.33. The normalized spacial score (nSPS) is 14.5. The van der Waals surface area contributed by atoms with E-state index in [0.29, 0.717) is 0 Å². The van der Waals surface area contributed by atoms with Crippen molar-refractivity contribution in [1.29, 1.82) is 0 Å². The predicted molar refractivity (Wildman–Crippen MR) is 160 cm³/mol. The number of aryl methyl sites for hydroxylation is 1. The lowest BCUT2D eigenvalue weighted by Crippen LogP contribution is -2.34. The molecule has 0 aromatic heterocycles. The van der Waals surface area contributed by atoms with Crippen molar-refractivity contribution in [2.45, 2.75) is 18.4 Å². The van der Waals surface area contributed by atoms with E-state index < -0.39 is 5.60 Å². The third kappa shape index (κ3) is 3.67. The predicted octanol–water partition coefficient (Wildman–Crippen LogP) is 7.98. The average molecular weight is 527 g/mol. The van der Waals surface area contributed by atoms with E-state index in [1.807, 2.05) is 30.3 Å². The van der Waals surface area contributed by atoms with Crippen molar-refractivity contribution in [2.75, 3.05) is 21.3 Å². The highest BCUT2D eigenvalue weighted by atomic mass is 16.5. The number of ether oxygens (including phenoxy) is 4. The number of methoxy groups -OCH3 is 3. The van der Waals surface area contributed by atoms with Crippen LogP contribution in [0.1, 0.15) is 27.8 Å². The lowest BCUT2D eigenvalue weighted by molar-refractivity contribution is 0.163. The zero-order valence-corrected chi connectivity index (χ0v) is 22.9. The van der Waals surface area contributed by atoms with Crippen molar-refractivity contribution in [3.8, 4) is 34.1 Å². The maximum absolute atomic E-state index is 7.28. The van der Waals surface area contributed by atoms with E-state index in [-0.39, 0.29) is 0 Å². The van der Waals surface area contributed by atoms with Crippen LogP contribution >= 0.6 is 0 Å². The molecule has 1 heterocycles. The molecule has 0 saturated heterocycles. The Labute approximate surface area is 234 Å². The molecule has 0 atom stereocenters. The Balaban J connectivity index is 1.51. The van der Waals surface area contributed by atoms with Crippen molar-refractivity contribution < 1.29 is 18.9 Å². The minimum atomic E-state index is -0.845. The fourth-order valence-electron chi connectivity index (χ4n) is 6.28. The van der Waals surface area contributed by atoms with Crippen LogP contribution in [0.3, 0.4) is 0 Å². The standard InChI is InChI=1S/C36H30O4/c1-37-26-13-9-24(10-14-26)36(25-11-15-27(38-2)16-12-25)21-20-32-30-18-8-23-6-4-5-7-29(23)34(30)31-19-17-28(39-3)22-33(31)35(32)40-36/h4-7,9-17,19-22H,8,18H2,1-3H3. The Hall–Kier alpha value is -4.70. The summed E-state index contributed by atoms with van der Waals surface area (Å²) in [4.78, 5) is 0. The van der Waals surface area contributed by atoms with Crippen molar-refractivity contribution in [2.24, 2.45) is 0 Å². The van der Waals surface area contributed by atoms with E-state index in [4.69, 9.17) is 18.9 Å². The zero-order valence-electron chi connectivity index (χ0n) is 22.9. The van der Waals surface area contributed by atoms with E-state index >= 15 is 0 Å². The van der Waals surface area contributed by atoms with Crippen LogP contribution in [-0.4, -0.2) is 21.3 Å². The van der Waals surface area contributed by atoms with Gasteiger partial charge in [-0.25, -0.2) is 0 Å². The highest BCUT2D eigenvalue weighted by Crippen LogP contribution is 2.52. The first-order valence-corrected chi connectivity index (χ1v) is 13.6. The van der Waals surface area contributed by atoms with Gasteiger partial charge in [0, 0.05) is 22.1 Å². The maximum atomic E-state index is 7.28. The van der Waals surface area contributed by atoms with Crippen LogP contribution in [0.5, 0.6) is 23.0 Å². The van der Waals surface area contributed by atoms with E-state index in [9.17, 15) is 0 Å². The van der Waals surface area contributed by atoms with Gasteiger partial charge in [0.2, 0.25) is 0 Å². The van der Waals surface area contributed by atoms with Crippen LogP contribution in [0.15, 0.2) is 97.1 Å². The molecular formula is C36H30O4. The van der Waals surface area contributed by atoms with E-state index in [1.54, 1.807) is 21.3 Å². The topological polar surface area (TPSA) is 36.9 Å². The molecule has 0 fully saturated rings. The molecule has 0 bridgehead atoms. The van der Waals surface area contributed by atoms with Crippen molar-refractivity contribution >= 4 is 16.8 Å². The number of hydrogen-bond donors (Lipinski definition) is 0. The van der Waals surface area contributed by atoms with Crippen LogP contribution < -0.4 is 18.9 Å². The van der Waals surface area contributed by atoms with Gasteiger partial charge in [-0.15, -0.1) is 0 Å². The van der Waals surface area contributed by atoms with Crippen molar-refractivity contribution in [3.05, 3.63) is 125 Å². The molecule has 7 rings (SSSR count). The molecule has 0 amide bonds. The van der Waals surface area contributed by atoms with E-state index in [2.05, 4.69) is 72.8 Å². The Morgan fingerprint density at radius 3 is 1.93 bits per heavy atom. The molecule has 4 heteroatoms. The summed E-state index contributed by atoms with van der Waals surface area (Å²) in [6.07, 6.45) is 6.43. The second kappa shape index (κ2) is 9.49. The zero-order chi connectivity index (χ0) is 27.3. The summed E-state index contributed by atoms with van der Waals surface area (Å²) in [5.41, 5.74) is 7.65. The minimum absolute atomic E-state index is 0.802. The SMILES string of the molecule is COc1ccc(C2(c3ccc(OC)cc3)C=Cc3c4c(c5ccc(OC)cc5c3O2)-c2ccccc2CC4)cc1. The smallest absolute Gasteiger partial charge is 0.178 e. The van der Waals surface area contributed by atoms with Gasteiger partial charge in [0.05, 0.1) is 21.3 Å². The quantitative estimate of drug-likeness (QED) is 0.233. The van der Waals surface area contributed by atoms with Gasteiger partial charge in [0.25, 0.3) is 0 Å². The minimum Gasteiger partial charge on any atom is -0.497 e. The summed E-state index contributed by atoms with van der Waals surface area (Å²) in [5.74, 6) is 3.28. The molecule has 1 aliphatic carbocycles. The van der Waals surface area contributed by atoms with Crippen molar-refractivity contribution in [3.63, 3.8) is 0 Å². The Kier molecular flexibility index (Phi) is 5.78. The monoisotopic (exact) mass is 526 g/mol. The van der Waals surface area contributed by atoms with Gasteiger partial charge >= 0.3 is 0 Å². The fraction of sp³-hybridized carbons (Fsp3) is 0.167. The molecule has 198 valence electrons. The Morgan fingerprint density at radius 2 is 1.27 bits per heavy atom. The van der Waals surface area contributed by atoms with Gasteiger partial charge in [0.15, 0.2) is 5.60 Å². The average Bonchev–Trinajstić information content (AvgIpc) is 3.04. The van der Waals surface area contributed by atoms with Crippen LogP contribution in [0, 0.1) is 0 Å². The molecule has 40 heavy (non-hydrogen) atoms. The number of fused-ring (bicyclic) bond motifs is 8. The largest absolute Gasteiger partial charge is 0.497 e. The van der Waals surface area contributed by atoms with Gasteiger partial charge in [-0.2, -0.15) is 0 Å². The lowest BCUT2D eigenvalue weighted by atomic mass is 9.77. The first-order valence-electron chi connectivity index (χ1n) is 13.6. The molecule has 0 radical (unpaired) electrons. The van der Waals surface area contributed by atoms with Gasteiger partial charge < -0.3 is 18.9 Å². The summed E-state index contributed by atoms with van der Waals surface area (Å²) in [6.45, 7) is 0. The van der Waals surface area contributed by atoms with Gasteiger partial charge in [-0.05, 0) is 89.0 Å². The second-order valence-corrected chi connectivity index (χ2v) is 10.3. The number of hydrogen-bond acceptors (Lipinski definition) is 4.